The number of aryl methyl sites for hydroxylation is 1. The number of fused-ring (bicyclic) bond motifs is 5. The highest BCUT2D eigenvalue weighted by Crippen LogP contribution is 2.42. The van der Waals surface area contributed by atoms with Gasteiger partial charge in [0, 0.05) is 61.5 Å². The molecule has 4 aliphatic rings. The molecule has 1 amide bonds. The Balaban J connectivity index is 1.06. The largest absolute Gasteiger partial charge is 0.508 e. The molecule has 0 aliphatic carbocycles. The van der Waals surface area contributed by atoms with Crippen LogP contribution in [0.5, 0.6) is 11.8 Å². The summed E-state index contributed by atoms with van der Waals surface area (Å²) in [6, 6.07) is 15.0. The molecule has 4 aliphatic heterocycles. The van der Waals surface area contributed by atoms with E-state index in [4.69, 9.17) is 14.7 Å². The van der Waals surface area contributed by atoms with Crippen molar-refractivity contribution in [3.8, 4) is 22.9 Å². The summed E-state index contributed by atoms with van der Waals surface area (Å²) < 4.78 is 25.4. The van der Waals surface area contributed by atoms with Crippen molar-refractivity contribution < 1.29 is 19.0 Å². The summed E-state index contributed by atoms with van der Waals surface area (Å²) in [7, 11) is 0. The second kappa shape index (κ2) is 12.5. The molecule has 1 N–H and O–H groups in total. The van der Waals surface area contributed by atoms with Gasteiger partial charge < -0.3 is 24.2 Å². The number of nitrogens with zero attached hydrogens (tertiary/aromatic N) is 7. The number of hydrogen-bond acceptors (Lipinski definition) is 8. The summed E-state index contributed by atoms with van der Waals surface area (Å²) in [4.78, 5) is 34.2. The molecule has 4 fully saturated rings. The molecule has 0 saturated carbocycles. The number of halogens is 1. The topological polar surface area (TPSA) is 99.9 Å². The van der Waals surface area contributed by atoms with Gasteiger partial charge in [-0.1, -0.05) is 30.3 Å². The van der Waals surface area contributed by atoms with E-state index in [9.17, 15) is 9.90 Å². The van der Waals surface area contributed by atoms with E-state index in [1.807, 2.05) is 41.1 Å². The molecular weight excluding hydrogens is 633 g/mol. The summed E-state index contributed by atoms with van der Waals surface area (Å²) in [5, 5.41) is 12.9. The summed E-state index contributed by atoms with van der Waals surface area (Å²) in [5.74, 6) is 0.447. The van der Waals surface area contributed by atoms with Crippen LogP contribution in [0.1, 0.15) is 51.4 Å². The second-order valence-corrected chi connectivity index (χ2v) is 14.6. The van der Waals surface area contributed by atoms with Gasteiger partial charge in [-0.2, -0.15) is 9.97 Å². The van der Waals surface area contributed by atoms with E-state index in [1.54, 1.807) is 30.7 Å². The molecule has 9 rings (SSSR count). The number of aromatic nitrogens is 4. The molecule has 0 radical (unpaired) electrons. The maximum atomic E-state index is 16.9. The van der Waals surface area contributed by atoms with Crippen LogP contribution in [0.15, 0.2) is 67.3 Å². The van der Waals surface area contributed by atoms with Crippen molar-refractivity contribution in [2.24, 2.45) is 0 Å². The van der Waals surface area contributed by atoms with Crippen molar-refractivity contribution in [3.05, 3.63) is 73.1 Å². The van der Waals surface area contributed by atoms with E-state index in [-0.39, 0.29) is 40.8 Å². The van der Waals surface area contributed by atoms with Crippen molar-refractivity contribution in [2.45, 2.75) is 75.5 Å². The lowest BCUT2D eigenvalue weighted by molar-refractivity contribution is -0.134. The Morgan fingerprint density at radius 1 is 0.980 bits per heavy atom. The molecule has 3 aromatic carbocycles. The van der Waals surface area contributed by atoms with Crippen LogP contribution in [-0.4, -0.2) is 90.7 Å². The van der Waals surface area contributed by atoms with Crippen LogP contribution in [0.3, 0.4) is 0 Å². The molecule has 258 valence electrons. The first-order valence-corrected chi connectivity index (χ1v) is 18.1. The fourth-order valence-electron chi connectivity index (χ4n) is 9.26. The van der Waals surface area contributed by atoms with Gasteiger partial charge in [-0.15, -0.1) is 0 Å². The lowest BCUT2D eigenvalue weighted by atomic mass is 9.95. The first-order chi connectivity index (χ1) is 24.5. The van der Waals surface area contributed by atoms with Gasteiger partial charge in [-0.05, 0) is 92.6 Å². The number of carbonyl (C=O) groups excluding carboxylic acids is 1. The van der Waals surface area contributed by atoms with E-state index in [0.29, 0.717) is 48.4 Å². The van der Waals surface area contributed by atoms with Gasteiger partial charge in [-0.3, -0.25) is 9.69 Å². The number of aromatic hydroxyl groups is 1. The predicted octanol–water partition coefficient (Wildman–Crippen LogP) is 6.16. The summed E-state index contributed by atoms with van der Waals surface area (Å²) in [5.41, 5.74) is 1.16. The van der Waals surface area contributed by atoms with Crippen LogP contribution in [0.2, 0.25) is 0 Å². The highest BCUT2D eigenvalue weighted by Gasteiger charge is 2.46. The first-order valence-electron chi connectivity index (χ1n) is 18.1. The van der Waals surface area contributed by atoms with E-state index in [2.05, 4.69) is 19.7 Å². The van der Waals surface area contributed by atoms with E-state index >= 15 is 4.39 Å². The normalized spacial score (nSPS) is 21.4. The molecular formula is C39H42FN7O3. The maximum Gasteiger partial charge on any atom is 0.319 e. The zero-order valence-electron chi connectivity index (χ0n) is 28.2. The smallest absolute Gasteiger partial charge is 0.319 e. The standard InChI is InChI=1S/C39H42FN7O3/c40-35-31(33-21-29(48)20-26-6-1-2-7-30(26)33)11-12-32-36(35)42-38(50-24-39-13-4-17-46(39)18-5-14-39)43-37(32)45-22-27-9-10-28(23-45)47(27)34(49)8-3-16-44-19-15-41-25-44/h1-2,6-7,11-12,15,19-21,25,27-28,48H,3-5,8-10,13-14,16-18,22-24H2. The number of carbonyl (C=O) groups is 1. The Morgan fingerprint density at radius 2 is 1.78 bits per heavy atom. The lowest BCUT2D eigenvalue weighted by Gasteiger charge is -2.42. The van der Waals surface area contributed by atoms with Crippen LogP contribution >= 0.6 is 0 Å². The minimum absolute atomic E-state index is 0.0116. The number of phenolic OH excluding ortho intramolecular Hbond substituents is 1. The minimum atomic E-state index is -0.469. The zero-order valence-corrected chi connectivity index (χ0v) is 28.2. The fraction of sp³-hybridized carbons (Fsp3) is 0.436. The van der Waals surface area contributed by atoms with Crippen molar-refractivity contribution in [1.29, 1.82) is 0 Å². The van der Waals surface area contributed by atoms with Crippen LogP contribution in [0, 0.1) is 5.82 Å². The van der Waals surface area contributed by atoms with Gasteiger partial charge >= 0.3 is 6.01 Å². The van der Waals surface area contributed by atoms with Gasteiger partial charge in [0.15, 0.2) is 5.82 Å². The fourth-order valence-corrected chi connectivity index (χ4v) is 9.26. The van der Waals surface area contributed by atoms with Crippen LogP contribution < -0.4 is 9.64 Å². The molecule has 2 bridgehead atoms. The van der Waals surface area contributed by atoms with Crippen molar-refractivity contribution in [2.75, 3.05) is 37.7 Å². The van der Waals surface area contributed by atoms with Gasteiger partial charge in [0.05, 0.1) is 11.9 Å². The Bertz CT molecular complexity index is 2050. The maximum absolute atomic E-state index is 16.9. The number of piperazine rings is 1. The zero-order chi connectivity index (χ0) is 33.8. The van der Waals surface area contributed by atoms with Crippen molar-refractivity contribution in [1.82, 2.24) is 29.3 Å². The quantitative estimate of drug-likeness (QED) is 0.199. The van der Waals surface area contributed by atoms with Crippen LogP contribution in [0.25, 0.3) is 32.8 Å². The number of ether oxygens (including phenoxy) is 1. The van der Waals surface area contributed by atoms with E-state index in [1.165, 1.54) is 0 Å². The molecule has 0 spiro atoms. The van der Waals surface area contributed by atoms with Gasteiger partial charge in [0.1, 0.15) is 23.7 Å². The Labute approximate surface area is 290 Å². The number of hydrogen-bond donors (Lipinski definition) is 1. The number of imidazole rings is 1. The van der Waals surface area contributed by atoms with Gasteiger partial charge in [0.2, 0.25) is 5.91 Å². The van der Waals surface area contributed by atoms with E-state index in [0.717, 1.165) is 75.4 Å². The third-order valence-electron chi connectivity index (χ3n) is 11.6. The lowest BCUT2D eigenvalue weighted by Crippen LogP contribution is -2.56. The van der Waals surface area contributed by atoms with Gasteiger partial charge in [0.25, 0.3) is 0 Å². The third-order valence-corrected chi connectivity index (χ3v) is 11.6. The molecule has 2 aromatic heterocycles. The third kappa shape index (κ3) is 5.42. The number of rotatable bonds is 9. The Kier molecular flexibility index (Phi) is 7.82. The van der Waals surface area contributed by atoms with Crippen molar-refractivity contribution >= 4 is 33.4 Å². The molecule has 50 heavy (non-hydrogen) atoms. The molecule has 4 saturated heterocycles. The first kappa shape index (κ1) is 31.2. The Hall–Kier alpha value is -4.77. The highest BCUT2D eigenvalue weighted by molar-refractivity contribution is 6.01. The SMILES string of the molecule is O=C(CCCn1ccnc1)N1C2CCC1CN(c1nc(OCC34CCCN3CCC4)nc3c(F)c(-c4cc(O)cc5ccccc45)ccc13)C2. The molecule has 11 heteroatoms. The summed E-state index contributed by atoms with van der Waals surface area (Å²) in [6.07, 6.45) is 13.1. The van der Waals surface area contributed by atoms with Crippen LogP contribution in [0.4, 0.5) is 10.2 Å². The molecule has 6 heterocycles. The highest BCUT2D eigenvalue weighted by atomic mass is 19.1. The molecule has 2 unspecified atom stereocenters. The van der Waals surface area contributed by atoms with Gasteiger partial charge in [-0.25, -0.2) is 9.37 Å². The average molecular weight is 676 g/mol. The summed E-state index contributed by atoms with van der Waals surface area (Å²) >= 11 is 0. The van der Waals surface area contributed by atoms with E-state index < -0.39 is 5.82 Å². The number of amides is 1. The summed E-state index contributed by atoms with van der Waals surface area (Å²) in [6.45, 7) is 4.64. The molecule has 2 atom stereocenters. The molecule has 5 aromatic rings. The monoisotopic (exact) mass is 675 g/mol. The number of phenols is 1. The average Bonchev–Trinajstić information content (AvgIpc) is 3.92. The number of anilines is 1. The molecule has 10 nitrogen and oxygen atoms in total. The predicted molar refractivity (Wildman–Crippen MR) is 190 cm³/mol. The van der Waals surface area contributed by atoms with Crippen molar-refractivity contribution in [3.63, 3.8) is 0 Å². The minimum Gasteiger partial charge on any atom is -0.508 e. The van der Waals surface area contributed by atoms with Crippen LogP contribution in [-0.2, 0) is 11.3 Å². The number of benzene rings is 3. The Morgan fingerprint density at radius 3 is 2.56 bits per heavy atom. The second-order valence-electron chi connectivity index (χ2n) is 14.6.